The lowest BCUT2D eigenvalue weighted by Crippen LogP contribution is -2.31. The number of aliphatic imine (C=N–C) groups is 1. The Hall–Kier alpha value is -2.29. The van der Waals surface area contributed by atoms with E-state index in [0.29, 0.717) is 12.0 Å². The first-order valence-electron chi connectivity index (χ1n) is 7.42. The highest BCUT2D eigenvalue weighted by Gasteiger charge is 2.29. The molecule has 2 aromatic carbocycles. The van der Waals surface area contributed by atoms with Crippen molar-refractivity contribution in [3.63, 3.8) is 0 Å². The zero-order valence-corrected chi connectivity index (χ0v) is 12.5. The highest BCUT2D eigenvalue weighted by Crippen LogP contribution is 2.28. The molecule has 0 aromatic heterocycles. The summed E-state index contributed by atoms with van der Waals surface area (Å²) in [5, 5.41) is 0. The van der Waals surface area contributed by atoms with Crippen molar-refractivity contribution in [2.24, 2.45) is 10.9 Å². The standard InChI is InChI=1S/C18H21N3/c1-13(2)17-12-21(14-8-4-3-5-9-14)18(20-17)15-10-6-7-11-16(15)19/h3-11,13,17H,12,19H2,1-2H3/t17-/m1/s1. The Morgan fingerprint density at radius 1 is 1.05 bits per heavy atom. The second kappa shape index (κ2) is 5.60. The molecule has 0 bridgehead atoms. The molecule has 0 saturated carbocycles. The van der Waals surface area contributed by atoms with E-state index < -0.39 is 0 Å². The first kappa shape index (κ1) is 13.7. The molecule has 0 unspecified atom stereocenters. The van der Waals surface area contributed by atoms with Crippen molar-refractivity contribution >= 4 is 17.2 Å². The van der Waals surface area contributed by atoms with Crippen LogP contribution in [0.5, 0.6) is 0 Å². The number of hydrogen-bond donors (Lipinski definition) is 1. The zero-order valence-electron chi connectivity index (χ0n) is 12.5. The maximum Gasteiger partial charge on any atom is 0.137 e. The third kappa shape index (κ3) is 2.64. The molecule has 3 nitrogen and oxygen atoms in total. The molecule has 2 aromatic rings. The van der Waals surface area contributed by atoms with Gasteiger partial charge in [0.2, 0.25) is 0 Å². The Labute approximate surface area is 126 Å². The van der Waals surface area contributed by atoms with Gasteiger partial charge in [-0.25, -0.2) is 0 Å². The fourth-order valence-electron chi connectivity index (χ4n) is 2.65. The van der Waals surface area contributed by atoms with Crippen LogP contribution in [0.25, 0.3) is 0 Å². The lowest BCUT2D eigenvalue weighted by molar-refractivity contribution is 0.521. The van der Waals surface area contributed by atoms with Crippen molar-refractivity contribution in [2.75, 3.05) is 17.2 Å². The summed E-state index contributed by atoms with van der Waals surface area (Å²) < 4.78 is 0. The zero-order chi connectivity index (χ0) is 14.8. The van der Waals surface area contributed by atoms with E-state index in [-0.39, 0.29) is 0 Å². The van der Waals surface area contributed by atoms with Crippen molar-refractivity contribution in [3.8, 4) is 0 Å². The van der Waals surface area contributed by atoms with E-state index in [1.54, 1.807) is 0 Å². The Kier molecular flexibility index (Phi) is 3.65. The highest BCUT2D eigenvalue weighted by molar-refractivity contribution is 6.14. The second-order valence-electron chi connectivity index (χ2n) is 5.80. The number of para-hydroxylation sites is 2. The molecule has 1 aliphatic heterocycles. The number of benzene rings is 2. The molecule has 0 fully saturated rings. The molecule has 2 N–H and O–H groups in total. The molecular formula is C18H21N3. The second-order valence-corrected chi connectivity index (χ2v) is 5.80. The molecule has 3 rings (SSSR count). The summed E-state index contributed by atoms with van der Waals surface area (Å²) in [6, 6.07) is 18.7. The van der Waals surface area contributed by atoms with E-state index in [0.717, 1.165) is 23.6 Å². The summed E-state index contributed by atoms with van der Waals surface area (Å²) in [7, 11) is 0. The van der Waals surface area contributed by atoms with Crippen LogP contribution in [0.4, 0.5) is 11.4 Å². The third-order valence-electron chi connectivity index (χ3n) is 3.95. The van der Waals surface area contributed by atoms with Gasteiger partial charge in [0.1, 0.15) is 5.84 Å². The van der Waals surface area contributed by atoms with Gasteiger partial charge in [-0.05, 0) is 30.2 Å². The van der Waals surface area contributed by atoms with Crippen molar-refractivity contribution < 1.29 is 0 Å². The first-order chi connectivity index (χ1) is 10.2. The molecule has 1 atom stereocenters. The van der Waals surface area contributed by atoms with Gasteiger partial charge >= 0.3 is 0 Å². The van der Waals surface area contributed by atoms with Crippen LogP contribution in [0.15, 0.2) is 59.6 Å². The van der Waals surface area contributed by atoms with Crippen molar-refractivity contribution in [1.82, 2.24) is 0 Å². The Bertz CT molecular complexity index is 647. The summed E-state index contributed by atoms with van der Waals surface area (Å²) in [5.74, 6) is 1.50. The lowest BCUT2D eigenvalue weighted by Gasteiger charge is -2.22. The SMILES string of the molecule is CC(C)[C@H]1CN(c2ccccc2)C(c2ccccc2N)=N1. The number of anilines is 2. The van der Waals surface area contributed by atoms with Crippen LogP contribution in [0, 0.1) is 5.92 Å². The topological polar surface area (TPSA) is 41.6 Å². The monoisotopic (exact) mass is 279 g/mol. The van der Waals surface area contributed by atoms with Crippen LogP contribution >= 0.6 is 0 Å². The number of nitrogens with zero attached hydrogens (tertiary/aromatic N) is 2. The van der Waals surface area contributed by atoms with Crippen molar-refractivity contribution in [3.05, 3.63) is 60.2 Å². The van der Waals surface area contributed by atoms with Gasteiger partial charge in [-0.2, -0.15) is 0 Å². The molecule has 1 aliphatic rings. The van der Waals surface area contributed by atoms with E-state index in [1.807, 2.05) is 30.3 Å². The lowest BCUT2D eigenvalue weighted by atomic mass is 10.1. The van der Waals surface area contributed by atoms with Crippen LogP contribution in [-0.4, -0.2) is 18.4 Å². The van der Waals surface area contributed by atoms with E-state index in [4.69, 9.17) is 10.7 Å². The molecule has 1 heterocycles. The number of nitrogen functional groups attached to an aromatic ring is 1. The number of hydrogen-bond acceptors (Lipinski definition) is 3. The molecular weight excluding hydrogens is 258 g/mol. The Morgan fingerprint density at radius 3 is 2.38 bits per heavy atom. The van der Waals surface area contributed by atoms with Crippen LogP contribution in [0.2, 0.25) is 0 Å². The maximum atomic E-state index is 6.15. The van der Waals surface area contributed by atoms with Gasteiger partial charge in [0, 0.05) is 23.5 Å². The number of nitrogens with two attached hydrogens (primary N) is 1. The van der Waals surface area contributed by atoms with E-state index in [9.17, 15) is 0 Å². The molecule has 108 valence electrons. The van der Waals surface area contributed by atoms with Gasteiger partial charge in [-0.3, -0.25) is 4.99 Å². The largest absolute Gasteiger partial charge is 0.398 e. The minimum absolute atomic E-state index is 0.305. The summed E-state index contributed by atoms with van der Waals surface area (Å²) in [6.45, 7) is 5.34. The first-order valence-corrected chi connectivity index (χ1v) is 7.42. The van der Waals surface area contributed by atoms with E-state index in [1.165, 1.54) is 5.69 Å². The third-order valence-corrected chi connectivity index (χ3v) is 3.95. The molecule has 0 amide bonds. The number of amidine groups is 1. The van der Waals surface area contributed by atoms with Gasteiger partial charge < -0.3 is 10.6 Å². The number of rotatable bonds is 3. The predicted octanol–water partition coefficient (Wildman–Crippen LogP) is 3.56. The van der Waals surface area contributed by atoms with Crippen molar-refractivity contribution in [2.45, 2.75) is 19.9 Å². The summed E-state index contributed by atoms with van der Waals surface area (Å²) in [6.07, 6.45) is 0. The van der Waals surface area contributed by atoms with Crippen LogP contribution in [0.3, 0.4) is 0 Å². The molecule has 21 heavy (non-hydrogen) atoms. The van der Waals surface area contributed by atoms with E-state index in [2.05, 4.69) is 43.0 Å². The van der Waals surface area contributed by atoms with Crippen molar-refractivity contribution in [1.29, 1.82) is 0 Å². The Morgan fingerprint density at radius 2 is 1.71 bits per heavy atom. The minimum atomic E-state index is 0.305. The average molecular weight is 279 g/mol. The summed E-state index contributed by atoms with van der Waals surface area (Å²) in [4.78, 5) is 7.21. The van der Waals surface area contributed by atoms with Gasteiger partial charge in [0.15, 0.2) is 0 Å². The molecule has 0 saturated heterocycles. The molecule has 0 aliphatic carbocycles. The maximum absolute atomic E-state index is 6.15. The van der Waals surface area contributed by atoms with Gasteiger partial charge in [-0.15, -0.1) is 0 Å². The smallest absolute Gasteiger partial charge is 0.137 e. The Balaban J connectivity index is 2.04. The summed E-state index contributed by atoms with van der Waals surface area (Å²) >= 11 is 0. The van der Waals surface area contributed by atoms with Crippen LogP contribution < -0.4 is 10.6 Å². The quantitative estimate of drug-likeness (QED) is 0.873. The average Bonchev–Trinajstić information content (AvgIpc) is 2.94. The fourth-order valence-corrected chi connectivity index (χ4v) is 2.65. The van der Waals surface area contributed by atoms with Gasteiger partial charge in [0.05, 0.1) is 6.04 Å². The van der Waals surface area contributed by atoms with Crippen LogP contribution in [-0.2, 0) is 0 Å². The molecule has 0 radical (unpaired) electrons. The predicted molar refractivity (Wildman–Crippen MR) is 89.8 cm³/mol. The van der Waals surface area contributed by atoms with Gasteiger partial charge in [-0.1, -0.05) is 44.2 Å². The fraction of sp³-hybridized carbons (Fsp3) is 0.278. The normalized spacial score (nSPS) is 18.1. The minimum Gasteiger partial charge on any atom is -0.398 e. The van der Waals surface area contributed by atoms with Gasteiger partial charge in [0.25, 0.3) is 0 Å². The molecule has 3 heteroatoms. The highest BCUT2D eigenvalue weighted by atomic mass is 15.3. The molecule has 0 spiro atoms. The van der Waals surface area contributed by atoms with Crippen LogP contribution in [0.1, 0.15) is 19.4 Å². The summed E-state index contributed by atoms with van der Waals surface area (Å²) in [5.41, 5.74) is 9.12. The van der Waals surface area contributed by atoms with E-state index >= 15 is 0 Å².